The lowest BCUT2D eigenvalue weighted by Gasteiger charge is -2.08. The number of carboxylic acids is 1. The maximum absolute atomic E-state index is 12.2. The maximum Gasteiger partial charge on any atom is 0.317 e. The summed E-state index contributed by atoms with van der Waals surface area (Å²) in [6.07, 6.45) is 6.71. The average Bonchev–Trinajstić information content (AvgIpc) is 3.32. The second-order valence-electron chi connectivity index (χ2n) is 7.89. The van der Waals surface area contributed by atoms with Crippen molar-refractivity contribution in [2.45, 2.75) is 42.5 Å². The molecular formula is C26H26N2O4S2. The molecule has 3 aromatic rings. The molecule has 2 heterocycles. The van der Waals surface area contributed by atoms with Gasteiger partial charge in [-0.15, -0.1) is 11.8 Å². The minimum absolute atomic E-state index is 0.171. The number of allylic oxidation sites excluding steroid dienone is 2. The van der Waals surface area contributed by atoms with Crippen molar-refractivity contribution in [1.82, 2.24) is 9.97 Å². The molecule has 34 heavy (non-hydrogen) atoms. The maximum atomic E-state index is 12.2. The number of hydrogen-bond acceptors (Lipinski definition) is 6. The lowest BCUT2D eigenvalue weighted by molar-refractivity contribution is -0.136. The third kappa shape index (κ3) is 7.01. The molecule has 1 aliphatic rings. The topological polar surface area (TPSA) is 92.3 Å². The summed E-state index contributed by atoms with van der Waals surface area (Å²) in [7, 11) is 0. The van der Waals surface area contributed by atoms with Crippen LogP contribution in [-0.4, -0.2) is 32.0 Å². The fourth-order valence-corrected chi connectivity index (χ4v) is 5.54. The van der Waals surface area contributed by atoms with Gasteiger partial charge in [-0.1, -0.05) is 42.5 Å². The van der Waals surface area contributed by atoms with Crippen LogP contribution in [0.25, 0.3) is 11.3 Å². The molecule has 1 aliphatic heterocycles. The summed E-state index contributed by atoms with van der Waals surface area (Å²) in [4.78, 5) is 31.8. The number of para-hydroxylation sites is 1. The van der Waals surface area contributed by atoms with Gasteiger partial charge < -0.3 is 14.8 Å². The molecule has 0 amide bonds. The quantitative estimate of drug-likeness (QED) is 0.182. The molecule has 2 N–H and O–H groups in total. The highest BCUT2D eigenvalue weighted by Crippen LogP contribution is 2.35. The van der Waals surface area contributed by atoms with Crippen molar-refractivity contribution in [3.8, 4) is 22.8 Å². The molecule has 0 spiro atoms. The van der Waals surface area contributed by atoms with Gasteiger partial charge in [0.1, 0.15) is 16.7 Å². The molecule has 4 rings (SSSR count). The first-order valence-corrected chi connectivity index (χ1v) is 13.1. The van der Waals surface area contributed by atoms with E-state index in [0.29, 0.717) is 17.3 Å². The summed E-state index contributed by atoms with van der Waals surface area (Å²) in [5, 5.41) is 9.37. The summed E-state index contributed by atoms with van der Waals surface area (Å²) in [5.41, 5.74) is 1.32. The van der Waals surface area contributed by atoms with Crippen LogP contribution in [-0.2, 0) is 4.79 Å². The number of ether oxygens (including phenoxy) is 1. The summed E-state index contributed by atoms with van der Waals surface area (Å²) in [5.74, 6) is 1.62. The van der Waals surface area contributed by atoms with Gasteiger partial charge in [-0.2, -0.15) is 0 Å². The predicted molar refractivity (Wildman–Crippen MR) is 138 cm³/mol. The number of unbranched alkanes of at least 4 members (excludes halogenated alkanes) is 2. The molecule has 0 saturated carbocycles. The summed E-state index contributed by atoms with van der Waals surface area (Å²) < 4.78 is 5.83. The van der Waals surface area contributed by atoms with E-state index in [1.165, 1.54) is 22.7 Å². The van der Waals surface area contributed by atoms with Crippen LogP contribution in [0, 0.1) is 0 Å². The summed E-state index contributed by atoms with van der Waals surface area (Å²) >= 11 is 3.03. The molecule has 2 aromatic carbocycles. The molecular weight excluding hydrogens is 468 g/mol. The van der Waals surface area contributed by atoms with Crippen LogP contribution < -0.4 is 10.3 Å². The molecule has 0 aliphatic carbocycles. The zero-order valence-corrected chi connectivity index (χ0v) is 20.2. The molecule has 0 radical (unpaired) electrons. The number of rotatable bonds is 11. The van der Waals surface area contributed by atoms with E-state index in [9.17, 15) is 9.59 Å². The molecule has 176 valence electrons. The number of carboxylic acid groups (broad SMARTS) is 1. The van der Waals surface area contributed by atoms with Gasteiger partial charge in [0.15, 0.2) is 5.16 Å². The van der Waals surface area contributed by atoms with Crippen molar-refractivity contribution in [1.29, 1.82) is 0 Å². The number of nitrogens with zero attached hydrogens (tertiary/aromatic N) is 1. The van der Waals surface area contributed by atoms with Crippen LogP contribution in [0.15, 0.2) is 81.6 Å². The summed E-state index contributed by atoms with van der Waals surface area (Å²) in [6, 6.07) is 18.6. The number of aromatic nitrogens is 2. The van der Waals surface area contributed by atoms with Crippen molar-refractivity contribution < 1.29 is 14.6 Å². The van der Waals surface area contributed by atoms with Crippen LogP contribution in [0.5, 0.6) is 11.5 Å². The first kappa shape index (κ1) is 24.2. The first-order valence-electron chi connectivity index (χ1n) is 11.2. The number of hydrogen-bond donors (Lipinski definition) is 2. The molecule has 0 fully saturated rings. The zero-order valence-electron chi connectivity index (χ0n) is 18.6. The van der Waals surface area contributed by atoms with E-state index in [4.69, 9.17) is 9.84 Å². The number of carbonyl (C=O) groups is 1. The fourth-order valence-electron chi connectivity index (χ4n) is 3.55. The number of thioether (sulfide) groups is 2. The largest absolute Gasteiger partial charge is 0.480 e. The van der Waals surface area contributed by atoms with E-state index in [1.807, 2.05) is 54.6 Å². The van der Waals surface area contributed by atoms with Crippen LogP contribution in [0.3, 0.4) is 0 Å². The third-order valence-corrected chi connectivity index (χ3v) is 7.60. The second kappa shape index (κ2) is 11.9. The Hall–Kier alpha value is -2.97. The van der Waals surface area contributed by atoms with Crippen LogP contribution in [0.2, 0.25) is 0 Å². The van der Waals surface area contributed by atoms with Gasteiger partial charge in [0.2, 0.25) is 0 Å². The van der Waals surface area contributed by atoms with Crippen molar-refractivity contribution in [3.05, 3.63) is 82.0 Å². The molecule has 8 heteroatoms. The Balaban J connectivity index is 1.24. The van der Waals surface area contributed by atoms with Gasteiger partial charge >= 0.3 is 5.97 Å². The highest BCUT2D eigenvalue weighted by Gasteiger charge is 2.23. The van der Waals surface area contributed by atoms with E-state index in [1.54, 1.807) is 11.8 Å². The van der Waals surface area contributed by atoms with Crippen molar-refractivity contribution in [2.75, 3.05) is 5.75 Å². The number of benzene rings is 2. The Labute approximate surface area is 206 Å². The number of H-pyrrole nitrogens is 1. The second-order valence-corrected chi connectivity index (χ2v) is 10.3. The van der Waals surface area contributed by atoms with Crippen molar-refractivity contribution >= 4 is 29.5 Å². The minimum atomic E-state index is -0.729. The Morgan fingerprint density at radius 2 is 1.85 bits per heavy atom. The molecule has 0 saturated heterocycles. The van der Waals surface area contributed by atoms with Crippen LogP contribution in [0.1, 0.15) is 32.1 Å². The van der Waals surface area contributed by atoms with Gasteiger partial charge in [0.25, 0.3) is 5.56 Å². The van der Waals surface area contributed by atoms with E-state index in [2.05, 4.69) is 16.0 Å². The van der Waals surface area contributed by atoms with E-state index < -0.39 is 5.97 Å². The van der Waals surface area contributed by atoms with Crippen LogP contribution >= 0.6 is 23.5 Å². The molecule has 1 aromatic heterocycles. The lowest BCUT2D eigenvalue weighted by atomic mass is 10.1. The van der Waals surface area contributed by atoms with E-state index in [-0.39, 0.29) is 10.8 Å². The predicted octanol–water partition coefficient (Wildman–Crippen LogP) is 6.36. The number of nitrogens with one attached hydrogen (secondary N) is 1. The van der Waals surface area contributed by atoms with E-state index in [0.717, 1.165) is 48.5 Å². The number of aliphatic carboxylic acids is 1. The normalized spacial score (nSPS) is 15.2. The molecule has 1 unspecified atom stereocenters. The van der Waals surface area contributed by atoms with Gasteiger partial charge in [-0.3, -0.25) is 9.59 Å². The highest BCUT2D eigenvalue weighted by molar-refractivity contribution is 8.04. The van der Waals surface area contributed by atoms with Crippen LogP contribution in [0.4, 0.5) is 0 Å². The number of aromatic amines is 1. The van der Waals surface area contributed by atoms with Crippen molar-refractivity contribution in [3.63, 3.8) is 0 Å². The third-order valence-electron chi connectivity index (χ3n) is 5.28. The monoisotopic (exact) mass is 494 g/mol. The van der Waals surface area contributed by atoms with Gasteiger partial charge in [-0.25, -0.2) is 4.98 Å². The van der Waals surface area contributed by atoms with E-state index >= 15 is 0 Å². The zero-order chi connectivity index (χ0) is 23.8. The SMILES string of the molecule is O=C(O)C1CC=C(CCCCCSc2nc(-c3ccc(Oc4ccccc4)cc3)cc(=O)[nH]2)S1. The Morgan fingerprint density at radius 1 is 1.09 bits per heavy atom. The smallest absolute Gasteiger partial charge is 0.317 e. The average molecular weight is 495 g/mol. The highest BCUT2D eigenvalue weighted by atomic mass is 32.2. The Kier molecular flexibility index (Phi) is 8.49. The van der Waals surface area contributed by atoms with Gasteiger partial charge in [0.05, 0.1) is 5.69 Å². The van der Waals surface area contributed by atoms with Gasteiger partial charge in [-0.05, 0) is 67.0 Å². The molecule has 0 bridgehead atoms. The molecule has 1 atom stereocenters. The van der Waals surface area contributed by atoms with Gasteiger partial charge in [0, 0.05) is 17.4 Å². The molecule has 6 nitrogen and oxygen atoms in total. The lowest BCUT2D eigenvalue weighted by Crippen LogP contribution is -2.12. The Bertz CT molecular complexity index is 1190. The minimum Gasteiger partial charge on any atom is -0.480 e. The Morgan fingerprint density at radius 3 is 2.59 bits per heavy atom. The standard InChI is InChI=1S/C26H26N2O4S2/c29-24-17-22(18-10-12-20(13-11-18)32-19-7-3-1-4-8-19)27-26(28-24)33-16-6-2-5-9-21-14-15-23(34-21)25(30)31/h1,3-4,7-8,10-14,17,23H,2,5-6,9,15-16H2,(H,30,31)(H,27,28,29). The first-order chi connectivity index (χ1) is 16.6. The van der Waals surface area contributed by atoms with Crippen molar-refractivity contribution in [2.24, 2.45) is 0 Å². The fraction of sp³-hybridized carbons (Fsp3) is 0.269. The summed E-state index contributed by atoms with van der Waals surface area (Å²) in [6.45, 7) is 0.